The van der Waals surface area contributed by atoms with E-state index in [1.807, 2.05) is 0 Å². The van der Waals surface area contributed by atoms with Crippen LogP contribution in [0.3, 0.4) is 0 Å². The van der Waals surface area contributed by atoms with Crippen LogP contribution in [0.2, 0.25) is 0 Å². The second-order valence-corrected chi connectivity index (χ2v) is 0.620. The van der Waals surface area contributed by atoms with Crippen LogP contribution in [-0.2, 0) is 11.5 Å². The predicted molar refractivity (Wildman–Crippen MR) is 19.0 cm³/mol. The molecule has 5 heavy (non-hydrogen) atoms. The molecule has 5 heteroatoms. The molecule has 0 saturated heterocycles. The zero-order valence-corrected chi connectivity index (χ0v) is 2.46. The van der Waals surface area contributed by atoms with Crippen molar-refractivity contribution in [2.24, 2.45) is 0 Å². The Labute approximate surface area is 74.1 Å². The van der Waals surface area contributed by atoms with Crippen molar-refractivity contribution in [3.63, 3.8) is 0 Å². The first-order valence-corrected chi connectivity index (χ1v) is 1.51. The number of hydrogen-bond donors (Lipinski definition) is 1. The number of rotatable bonds is 0. The van der Waals surface area contributed by atoms with E-state index in [0.29, 0.717) is 0 Å². The Balaban J connectivity index is 0. The summed E-state index contributed by atoms with van der Waals surface area (Å²) in [6.07, 6.45) is 0. The second-order valence-electron chi connectivity index (χ2n) is 0.207. The molecule has 0 saturated carbocycles. The van der Waals surface area contributed by atoms with Gasteiger partial charge in [0.15, 0.2) is 0 Å². The fourth-order valence-corrected chi connectivity index (χ4v) is 0. The molecule has 0 bridgehead atoms. The zero-order valence-electron chi connectivity index (χ0n) is 1.64. The van der Waals surface area contributed by atoms with Crippen LogP contribution in [0.5, 0.6) is 0 Å². The first kappa shape index (κ1) is 9.84. The van der Waals surface area contributed by atoms with Crippen LogP contribution in [0.25, 0.3) is 0 Å². The standard InChI is InChI=1S/FHO2S.K.H/c1-4(2)3;;/h(H,2,3);;. The molecule has 0 aliphatic heterocycles. The van der Waals surface area contributed by atoms with Gasteiger partial charge < -0.3 is 0 Å². The second kappa shape index (κ2) is 5.68. The van der Waals surface area contributed by atoms with E-state index in [9.17, 15) is 3.89 Å². The van der Waals surface area contributed by atoms with E-state index >= 15 is 0 Å². The first-order chi connectivity index (χ1) is 1.73. The van der Waals surface area contributed by atoms with E-state index in [1.165, 1.54) is 0 Å². The molecule has 1 N–H and O–H groups in total. The van der Waals surface area contributed by atoms with Crippen LogP contribution in [0.15, 0.2) is 0 Å². The Morgan fingerprint density at radius 1 is 1.80 bits per heavy atom. The van der Waals surface area contributed by atoms with Crippen LogP contribution in [0, 0.1) is 0 Å². The minimum atomic E-state index is -3.11. The van der Waals surface area contributed by atoms with Gasteiger partial charge in [-0.25, -0.2) is 0 Å². The molecule has 0 aliphatic rings. The van der Waals surface area contributed by atoms with Gasteiger partial charge >= 0.3 is 62.9 Å². The van der Waals surface area contributed by atoms with E-state index in [2.05, 4.69) is 0 Å². The van der Waals surface area contributed by atoms with Gasteiger partial charge in [0, 0.05) is 0 Å². The molecule has 1 atom stereocenters. The number of hydrogen-bond acceptors (Lipinski definition) is 1. The Hall–Kier alpha value is 1.68. The third-order valence-corrected chi connectivity index (χ3v) is 0. The molecule has 0 rings (SSSR count). The summed E-state index contributed by atoms with van der Waals surface area (Å²) >= 11 is -3.11. The van der Waals surface area contributed by atoms with Crippen LogP contribution in [0.1, 0.15) is 0 Å². The molecule has 0 aromatic heterocycles. The Bertz CT molecular complexity index is 32.6. The van der Waals surface area contributed by atoms with E-state index in [-0.39, 0.29) is 51.4 Å². The molecule has 0 aromatic rings. The fraction of sp³-hybridized carbons (Fsp3) is 0. The van der Waals surface area contributed by atoms with Gasteiger partial charge in [0.05, 0.1) is 0 Å². The minimum absolute atomic E-state index is 0. The van der Waals surface area contributed by atoms with Crippen molar-refractivity contribution >= 4 is 62.9 Å². The molecule has 2 nitrogen and oxygen atoms in total. The maximum absolute atomic E-state index is 10.0. The van der Waals surface area contributed by atoms with E-state index in [0.717, 1.165) is 0 Å². The molecule has 0 heterocycles. The molecular formula is H2FKO2S. The average molecular weight is 124 g/mol. The Kier molecular flexibility index (Phi) is 11.2. The van der Waals surface area contributed by atoms with Crippen molar-refractivity contribution < 1.29 is 12.6 Å². The van der Waals surface area contributed by atoms with Crippen LogP contribution >= 0.6 is 0 Å². The third kappa shape index (κ3) is 27.3. The van der Waals surface area contributed by atoms with Crippen LogP contribution in [-0.4, -0.2) is 60.1 Å². The third-order valence-electron chi connectivity index (χ3n) is 0. The number of halogens is 1. The summed E-state index contributed by atoms with van der Waals surface area (Å²) in [5.41, 5.74) is 0. The van der Waals surface area contributed by atoms with Gasteiger partial charge in [-0.1, -0.05) is 0 Å². The summed E-state index contributed by atoms with van der Waals surface area (Å²) in [5.74, 6) is 0. The van der Waals surface area contributed by atoms with Crippen molar-refractivity contribution in [1.29, 1.82) is 0 Å². The molecule has 0 fully saturated rings. The topological polar surface area (TPSA) is 37.3 Å². The molecular weight excluding hydrogens is 122 g/mol. The Morgan fingerprint density at radius 3 is 1.80 bits per heavy atom. The van der Waals surface area contributed by atoms with Gasteiger partial charge in [-0.3, -0.25) is 4.55 Å². The van der Waals surface area contributed by atoms with Crippen molar-refractivity contribution in [3.8, 4) is 0 Å². The molecule has 0 spiro atoms. The van der Waals surface area contributed by atoms with E-state index in [4.69, 9.17) is 8.76 Å². The maximum atomic E-state index is 10.0. The molecule has 0 aliphatic carbocycles. The molecule has 1 unspecified atom stereocenters. The predicted octanol–water partition coefficient (Wildman–Crippen LogP) is -0.556. The summed E-state index contributed by atoms with van der Waals surface area (Å²) in [5, 5.41) is 0. The van der Waals surface area contributed by atoms with Gasteiger partial charge in [-0.2, -0.15) is 4.21 Å². The summed E-state index contributed by atoms with van der Waals surface area (Å²) in [4.78, 5) is 0. The van der Waals surface area contributed by atoms with Crippen LogP contribution in [0.4, 0.5) is 3.89 Å². The average Bonchev–Trinajstić information content (AvgIpc) is 0.811. The van der Waals surface area contributed by atoms with Gasteiger partial charge in [0.2, 0.25) is 0 Å². The quantitative estimate of drug-likeness (QED) is 0.267. The fourth-order valence-electron chi connectivity index (χ4n) is 0. The van der Waals surface area contributed by atoms with Gasteiger partial charge in [-0.15, -0.1) is 3.89 Å². The Morgan fingerprint density at radius 2 is 1.80 bits per heavy atom. The normalized spacial score (nSPS) is 12.4. The summed E-state index contributed by atoms with van der Waals surface area (Å²) < 4.78 is 25.3. The van der Waals surface area contributed by atoms with E-state index < -0.39 is 11.5 Å². The molecule has 0 amide bonds. The van der Waals surface area contributed by atoms with Crippen molar-refractivity contribution in [3.05, 3.63) is 0 Å². The zero-order chi connectivity index (χ0) is 3.58. The van der Waals surface area contributed by atoms with Crippen molar-refractivity contribution in [2.45, 2.75) is 0 Å². The molecule has 28 valence electrons. The van der Waals surface area contributed by atoms with Gasteiger partial charge in [0.25, 0.3) is 0 Å². The molecule has 0 aromatic carbocycles. The van der Waals surface area contributed by atoms with Gasteiger partial charge in [-0.05, 0) is 0 Å². The van der Waals surface area contributed by atoms with Gasteiger partial charge in [0.1, 0.15) is 0 Å². The summed E-state index contributed by atoms with van der Waals surface area (Å²) in [7, 11) is 0. The van der Waals surface area contributed by atoms with E-state index in [1.54, 1.807) is 0 Å². The monoisotopic (exact) mass is 124 g/mol. The van der Waals surface area contributed by atoms with Crippen molar-refractivity contribution in [1.82, 2.24) is 0 Å². The SMILES string of the molecule is O=S(O)F.[KH]. The van der Waals surface area contributed by atoms with Crippen molar-refractivity contribution in [2.75, 3.05) is 0 Å². The molecule has 0 radical (unpaired) electrons. The summed E-state index contributed by atoms with van der Waals surface area (Å²) in [6.45, 7) is 0. The first-order valence-electron chi connectivity index (χ1n) is 0.504. The summed E-state index contributed by atoms with van der Waals surface area (Å²) in [6, 6.07) is 0. The van der Waals surface area contributed by atoms with Crippen LogP contribution < -0.4 is 0 Å².